The molecule has 4 aromatic carbocycles. The molecule has 9 nitrogen and oxygen atoms in total. The van der Waals surface area contributed by atoms with E-state index >= 15 is 0 Å². The van der Waals surface area contributed by atoms with E-state index in [1.165, 1.54) is 24.3 Å². The Morgan fingerprint density at radius 1 is 0.768 bits per heavy atom. The second-order valence-electron chi connectivity index (χ2n) is 13.6. The van der Waals surface area contributed by atoms with Crippen molar-refractivity contribution in [3.05, 3.63) is 142 Å². The van der Waals surface area contributed by atoms with Crippen LogP contribution in [0.3, 0.4) is 0 Å². The Bertz CT molecular complexity index is 2210. The van der Waals surface area contributed by atoms with Gasteiger partial charge in [0.05, 0.1) is 0 Å². The van der Waals surface area contributed by atoms with Crippen molar-refractivity contribution in [3.63, 3.8) is 0 Å². The highest BCUT2D eigenvalue weighted by atomic mass is 35.5. The molecular formula is C44H43ClF2N6O3. The summed E-state index contributed by atoms with van der Waals surface area (Å²) < 4.78 is 31.6. The molecule has 0 amide bonds. The number of aromatic nitrogens is 2. The molecule has 3 N–H and O–H groups in total. The maximum atomic E-state index is 13.2. The lowest BCUT2D eigenvalue weighted by molar-refractivity contribution is -0.116. The van der Waals surface area contributed by atoms with Gasteiger partial charge in [0.2, 0.25) is 17.0 Å². The number of halogens is 3. The molecule has 0 atom stereocenters. The standard InChI is InChI=1S/C22H20FN3O.C15H11FN2O.C7H12ClNO/c1-26-13-11-19(12-14-26)22-24-21(25-27-22)18-9-7-16(8-10-18)5-6-17-3-2-4-20(23)15-17;16-14-3-1-2-12(10-14)5-4-11-6-8-13(9-7-11)15(17)18-19;1-9-4-2-6(3-5-9)7(8)10/h2-4,7-10,15,19H,11-14H2,1H3;1-3,6-10,19H,(H2,17,18);6H,2-5H2,1H3. The summed E-state index contributed by atoms with van der Waals surface area (Å²) in [5, 5.41) is 15.4. The van der Waals surface area contributed by atoms with Gasteiger partial charge in [-0.15, -0.1) is 0 Å². The van der Waals surface area contributed by atoms with Crippen LogP contribution in [0, 0.1) is 41.2 Å². The number of hydrogen-bond donors (Lipinski definition) is 2. The molecule has 0 aliphatic carbocycles. The van der Waals surface area contributed by atoms with Crippen molar-refractivity contribution in [2.45, 2.75) is 31.6 Å². The van der Waals surface area contributed by atoms with Gasteiger partial charge in [0, 0.05) is 45.2 Å². The molecule has 0 saturated carbocycles. The summed E-state index contributed by atoms with van der Waals surface area (Å²) in [4.78, 5) is 19.8. The molecule has 5 aromatic rings. The Hall–Kier alpha value is -5.85. The molecule has 2 aliphatic heterocycles. The number of piperidine rings is 2. The van der Waals surface area contributed by atoms with E-state index in [-0.39, 0.29) is 28.6 Å². The third kappa shape index (κ3) is 12.9. The van der Waals surface area contributed by atoms with Gasteiger partial charge in [0.1, 0.15) is 11.6 Å². The predicted octanol–water partition coefficient (Wildman–Crippen LogP) is 7.50. The van der Waals surface area contributed by atoms with Crippen molar-refractivity contribution in [3.8, 4) is 35.1 Å². The van der Waals surface area contributed by atoms with Crippen molar-refractivity contribution in [2.75, 3.05) is 40.3 Å². The number of oxime groups is 1. The highest BCUT2D eigenvalue weighted by Crippen LogP contribution is 2.28. The lowest BCUT2D eigenvalue weighted by Crippen LogP contribution is -2.32. The van der Waals surface area contributed by atoms with E-state index in [2.05, 4.69) is 62.9 Å². The average Bonchev–Trinajstić information content (AvgIpc) is 3.71. The number of likely N-dealkylation sites (tertiary alicyclic amines) is 2. The molecule has 2 fully saturated rings. The Morgan fingerprint density at radius 3 is 1.73 bits per heavy atom. The van der Waals surface area contributed by atoms with Gasteiger partial charge in [-0.3, -0.25) is 4.79 Å². The maximum absolute atomic E-state index is 13.2. The summed E-state index contributed by atoms with van der Waals surface area (Å²) in [5.41, 5.74) is 9.83. The van der Waals surface area contributed by atoms with Gasteiger partial charge in [-0.2, -0.15) is 4.98 Å². The van der Waals surface area contributed by atoms with Crippen molar-refractivity contribution in [2.24, 2.45) is 16.8 Å². The molecule has 2 saturated heterocycles. The zero-order valence-corrected chi connectivity index (χ0v) is 32.0. The first-order chi connectivity index (χ1) is 27.1. The number of rotatable bonds is 4. The highest BCUT2D eigenvalue weighted by Gasteiger charge is 2.24. The molecule has 0 radical (unpaired) electrons. The number of benzene rings is 4. The van der Waals surface area contributed by atoms with Gasteiger partial charge in [-0.1, -0.05) is 46.1 Å². The van der Waals surface area contributed by atoms with E-state index in [4.69, 9.17) is 27.1 Å². The van der Waals surface area contributed by atoms with Gasteiger partial charge < -0.3 is 25.3 Å². The van der Waals surface area contributed by atoms with Crippen LogP contribution in [0.5, 0.6) is 0 Å². The second kappa shape index (κ2) is 20.7. The molecule has 3 heterocycles. The van der Waals surface area contributed by atoms with Crippen molar-refractivity contribution in [1.82, 2.24) is 19.9 Å². The molecule has 0 bridgehead atoms. The molecule has 0 spiro atoms. The summed E-state index contributed by atoms with van der Waals surface area (Å²) in [6.07, 6.45) is 3.96. The van der Waals surface area contributed by atoms with Gasteiger partial charge >= 0.3 is 0 Å². The quantitative estimate of drug-likeness (QED) is 0.0481. The van der Waals surface area contributed by atoms with Crippen LogP contribution in [-0.4, -0.2) is 76.5 Å². The van der Waals surface area contributed by atoms with Gasteiger partial charge in [-0.25, -0.2) is 8.78 Å². The summed E-state index contributed by atoms with van der Waals surface area (Å²) in [6.45, 7) is 4.12. The van der Waals surface area contributed by atoms with Crippen LogP contribution in [-0.2, 0) is 4.79 Å². The normalized spacial score (nSPS) is 15.1. The van der Waals surface area contributed by atoms with E-state index in [1.54, 1.807) is 48.5 Å². The molecular weight excluding hydrogens is 734 g/mol. The number of carbonyl (C=O) groups is 1. The number of carbonyl (C=O) groups excluding carboxylic acids is 1. The van der Waals surface area contributed by atoms with Crippen LogP contribution < -0.4 is 5.73 Å². The summed E-state index contributed by atoms with van der Waals surface area (Å²) in [5.74, 6) is 13.0. The summed E-state index contributed by atoms with van der Waals surface area (Å²) >= 11 is 5.35. The van der Waals surface area contributed by atoms with Gasteiger partial charge in [0.15, 0.2) is 5.84 Å². The molecule has 1 aromatic heterocycles. The van der Waals surface area contributed by atoms with Crippen LogP contribution in [0.15, 0.2) is 107 Å². The fraction of sp³-hybridized carbons (Fsp3) is 0.273. The maximum Gasteiger partial charge on any atom is 0.230 e. The minimum atomic E-state index is -0.311. The first-order valence-corrected chi connectivity index (χ1v) is 18.6. The van der Waals surface area contributed by atoms with Crippen LogP contribution >= 0.6 is 11.6 Å². The minimum absolute atomic E-state index is 0.0460. The molecule has 56 heavy (non-hydrogen) atoms. The number of nitrogens with zero attached hydrogens (tertiary/aromatic N) is 5. The topological polar surface area (TPSA) is 121 Å². The highest BCUT2D eigenvalue weighted by molar-refractivity contribution is 6.64. The number of amidine groups is 1. The first-order valence-electron chi connectivity index (χ1n) is 18.2. The molecule has 2 aliphatic rings. The van der Waals surface area contributed by atoms with E-state index in [0.29, 0.717) is 28.4 Å². The van der Waals surface area contributed by atoms with E-state index in [0.717, 1.165) is 74.4 Å². The smallest absolute Gasteiger partial charge is 0.230 e. The number of hydrogen-bond acceptors (Lipinski definition) is 8. The fourth-order valence-corrected chi connectivity index (χ4v) is 6.13. The zero-order valence-electron chi connectivity index (χ0n) is 31.3. The Balaban J connectivity index is 0.000000179. The van der Waals surface area contributed by atoms with Crippen molar-refractivity contribution >= 4 is 22.7 Å². The Morgan fingerprint density at radius 2 is 1.25 bits per heavy atom. The SMILES string of the molecule is CN1CCC(C(=O)Cl)CC1.CN1CCC(c2nc(-c3ccc(C#Cc4cccc(F)c4)cc3)no2)CC1.N/C(=N\O)c1ccc(C#Cc2cccc(F)c2)cc1. The van der Waals surface area contributed by atoms with Crippen LogP contribution in [0.25, 0.3) is 11.4 Å². The summed E-state index contributed by atoms with van der Waals surface area (Å²) in [6, 6.07) is 26.9. The van der Waals surface area contributed by atoms with Crippen molar-refractivity contribution in [1.29, 1.82) is 0 Å². The third-order valence-corrected chi connectivity index (χ3v) is 9.64. The molecule has 288 valence electrons. The fourth-order valence-electron chi connectivity index (χ4n) is 5.92. The average molecular weight is 777 g/mol. The van der Waals surface area contributed by atoms with Crippen LogP contribution in [0.1, 0.15) is 65.3 Å². The summed E-state index contributed by atoms with van der Waals surface area (Å²) in [7, 11) is 4.20. The largest absolute Gasteiger partial charge is 0.409 e. The lowest BCUT2D eigenvalue weighted by atomic mass is 9.97. The van der Waals surface area contributed by atoms with Crippen molar-refractivity contribution < 1.29 is 23.3 Å². The molecule has 7 rings (SSSR count). The Kier molecular flexibility index (Phi) is 15.3. The Labute approximate surface area is 331 Å². The zero-order chi connectivity index (χ0) is 39.9. The third-order valence-electron chi connectivity index (χ3n) is 9.33. The molecule has 12 heteroatoms. The first kappa shape index (κ1) is 41.3. The second-order valence-corrected chi connectivity index (χ2v) is 13.9. The monoisotopic (exact) mass is 776 g/mol. The van der Waals surface area contributed by atoms with Gasteiger partial charge in [0.25, 0.3) is 0 Å². The number of nitrogens with two attached hydrogens (primary N) is 1. The minimum Gasteiger partial charge on any atom is -0.409 e. The predicted molar refractivity (Wildman–Crippen MR) is 214 cm³/mol. The van der Waals surface area contributed by atoms with Gasteiger partial charge in [-0.05, 0) is 162 Å². The molecule has 0 unspecified atom stereocenters. The van der Waals surface area contributed by atoms with E-state index in [1.807, 2.05) is 24.3 Å². The van der Waals surface area contributed by atoms with E-state index < -0.39 is 0 Å². The van der Waals surface area contributed by atoms with E-state index in [9.17, 15) is 13.6 Å². The lowest BCUT2D eigenvalue weighted by Gasteiger charge is -2.26. The van der Waals surface area contributed by atoms with Crippen LogP contribution in [0.2, 0.25) is 0 Å². The van der Waals surface area contributed by atoms with Crippen LogP contribution in [0.4, 0.5) is 8.78 Å².